The summed E-state index contributed by atoms with van der Waals surface area (Å²) in [6.45, 7) is 1.81. The van der Waals surface area contributed by atoms with Crippen molar-refractivity contribution in [3.8, 4) is 11.5 Å². The van der Waals surface area contributed by atoms with Crippen LogP contribution in [0, 0.1) is 5.41 Å². The van der Waals surface area contributed by atoms with E-state index in [1.54, 1.807) is 32.4 Å². The summed E-state index contributed by atoms with van der Waals surface area (Å²) in [4.78, 5) is 0. The van der Waals surface area contributed by atoms with E-state index in [1.807, 2.05) is 24.3 Å². The van der Waals surface area contributed by atoms with Crippen LogP contribution in [0.2, 0.25) is 0 Å². The molecule has 2 rings (SSSR count). The third kappa shape index (κ3) is 5.48. The van der Waals surface area contributed by atoms with Gasteiger partial charge < -0.3 is 25.9 Å². The van der Waals surface area contributed by atoms with Crippen LogP contribution in [0.3, 0.4) is 0 Å². The number of nitrogens with two attached hydrogens (primary N) is 1. The molecule has 0 aliphatic heterocycles. The molecule has 28 heavy (non-hydrogen) atoms. The molecule has 0 bridgehead atoms. The fourth-order valence-electron chi connectivity index (χ4n) is 2.87. The normalized spacial score (nSPS) is 11.2. The first-order valence-corrected chi connectivity index (χ1v) is 9.04. The van der Waals surface area contributed by atoms with Crippen molar-refractivity contribution < 1.29 is 14.7 Å². The summed E-state index contributed by atoms with van der Waals surface area (Å²) in [5.41, 5.74) is 8.55. The molecule has 0 unspecified atom stereocenters. The summed E-state index contributed by atoms with van der Waals surface area (Å²) in [5, 5.41) is 22.2. The Morgan fingerprint density at radius 2 is 1.89 bits per heavy atom. The highest BCUT2D eigenvalue weighted by atomic mass is 16.5. The highest BCUT2D eigenvalue weighted by Gasteiger charge is 2.11. The van der Waals surface area contributed by atoms with Crippen LogP contribution in [0.4, 0.5) is 5.69 Å². The molecule has 0 atom stereocenters. The van der Waals surface area contributed by atoms with Crippen LogP contribution in [0.1, 0.15) is 11.1 Å². The molecule has 7 heteroatoms. The molecule has 0 aliphatic carbocycles. The Bertz CT molecular complexity index is 808. The second-order valence-electron chi connectivity index (χ2n) is 6.09. The lowest BCUT2D eigenvalue weighted by atomic mass is 10.1. The second-order valence-corrected chi connectivity index (χ2v) is 6.09. The maximum Gasteiger partial charge on any atom is 0.128 e. The van der Waals surface area contributed by atoms with Gasteiger partial charge in [0.1, 0.15) is 11.5 Å². The lowest BCUT2D eigenvalue weighted by molar-refractivity contribution is 0.253. The molecular formula is C21H28N4O3. The minimum absolute atomic E-state index is 0.415. The third-order valence-electron chi connectivity index (χ3n) is 4.39. The first-order chi connectivity index (χ1) is 13.6. The Balaban J connectivity index is 1.87. The van der Waals surface area contributed by atoms with E-state index in [4.69, 9.17) is 20.6 Å². The van der Waals surface area contributed by atoms with E-state index in [0.29, 0.717) is 35.7 Å². The highest BCUT2D eigenvalue weighted by Crippen LogP contribution is 2.29. The number of nitrogens with one attached hydrogen (secondary N) is 2. The number of hydrogen-bond donors (Lipinski definition) is 4. The van der Waals surface area contributed by atoms with Gasteiger partial charge >= 0.3 is 0 Å². The molecule has 0 radical (unpaired) electrons. The summed E-state index contributed by atoms with van der Waals surface area (Å²) in [6, 6.07) is 13.2. The summed E-state index contributed by atoms with van der Waals surface area (Å²) in [6.07, 6.45) is 3.36. The van der Waals surface area contributed by atoms with Crippen LogP contribution < -0.4 is 25.6 Å². The molecule has 7 nitrogen and oxygen atoms in total. The summed E-state index contributed by atoms with van der Waals surface area (Å²) in [7, 11) is 3.21. The van der Waals surface area contributed by atoms with Crippen molar-refractivity contribution in [3.63, 3.8) is 0 Å². The fraction of sp³-hybridized carbons (Fsp3) is 0.286. The van der Waals surface area contributed by atoms with Crippen LogP contribution in [0.5, 0.6) is 11.5 Å². The molecule has 0 aliphatic rings. The van der Waals surface area contributed by atoms with E-state index in [-0.39, 0.29) is 0 Å². The zero-order valence-electron chi connectivity index (χ0n) is 16.3. The largest absolute Gasteiger partial charge is 0.496 e. The number of rotatable bonds is 11. The van der Waals surface area contributed by atoms with Gasteiger partial charge in [0, 0.05) is 36.2 Å². The maximum absolute atomic E-state index is 10.3. The monoisotopic (exact) mass is 384 g/mol. The van der Waals surface area contributed by atoms with E-state index in [2.05, 4.69) is 5.32 Å². The third-order valence-corrected chi connectivity index (χ3v) is 4.39. The number of hydroxylamine groups is 1. The van der Waals surface area contributed by atoms with Crippen LogP contribution >= 0.6 is 0 Å². The van der Waals surface area contributed by atoms with Gasteiger partial charge in [-0.1, -0.05) is 18.2 Å². The molecule has 150 valence electrons. The van der Waals surface area contributed by atoms with Crippen molar-refractivity contribution in [2.75, 3.05) is 38.9 Å². The van der Waals surface area contributed by atoms with E-state index in [0.717, 1.165) is 24.3 Å². The van der Waals surface area contributed by atoms with Crippen LogP contribution in [-0.2, 0) is 6.42 Å². The predicted molar refractivity (Wildman–Crippen MR) is 113 cm³/mol. The van der Waals surface area contributed by atoms with E-state index >= 15 is 0 Å². The molecule has 0 fully saturated rings. The van der Waals surface area contributed by atoms with Crippen LogP contribution in [0.25, 0.3) is 5.57 Å². The quantitative estimate of drug-likeness (QED) is 0.270. The van der Waals surface area contributed by atoms with Gasteiger partial charge in [-0.25, -0.2) is 0 Å². The number of hydrogen-bond acceptors (Lipinski definition) is 7. The van der Waals surface area contributed by atoms with E-state index in [1.165, 1.54) is 17.5 Å². The SMILES string of the molecule is COc1ccccc1CCNCCN(O)c1ccc(/C(C=N)=C/N)c(OC)c1. The first kappa shape index (κ1) is 21.3. The van der Waals surface area contributed by atoms with Gasteiger partial charge in [-0.15, -0.1) is 0 Å². The van der Waals surface area contributed by atoms with Gasteiger partial charge in [-0.3, -0.25) is 10.3 Å². The minimum Gasteiger partial charge on any atom is -0.496 e. The molecule has 0 amide bonds. The van der Waals surface area contributed by atoms with Crippen molar-refractivity contribution in [2.45, 2.75) is 6.42 Å². The molecule has 0 heterocycles. The second kappa shape index (κ2) is 11.0. The number of para-hydroxylation sites is 1. The predicted octanol–water partition coefficient (Wildman–Crippen LogP) is 2.68. The molecule has 2 aromatic carbocycles. The molecular weight excluding hydrogens is 356 g/mol. The van der Waals surface area contributed by atoms with Gasteiger partial charge in [0.2, 0.25) is 0 Å². The Morgan fingerprint density at radius 1 is 1.14 bits per heavy atom. The summed E-state index contributed by atoms with van der Waals surface area (Å²) in [5.74, 6) is 1.43. The van der Waals surface area contributed by atoms with Crippen LogP contribution in [-0.4, -0.2) is 45.3 Å². The average molecular weight is 384 g/mol. The van der Waals surface area contributed by atoms with E-state index in [9.17, 15) is 5.21 Å². The van der Waals surface area contributed by atoms with Crippen LogP contribution in [0.15, 0.2) is 48.7 Å². The molecule has 0 spiro atoms. The number of methoxy groups -OCH3 is 2. The molecule has 5 N–H and O–H groups in total. The highest BCUT2D eigenvalue weighted by molar-refractivity contribution is 6.09. The van der Waals surface area contributed by atoms with Gasteiger partial charge in [0.15, 0.2) is 0 Å². The van der Waals surface area contributed by atoms with Gasteiger partial charge in [-0.05, 0) is 36.7 Å². The molecule has 0 saturated carbocycles. The van der Waals surface area contributed by atoms with Gasteiger partial charge in [0.25, 0.3) is 0 Å². The Kier molecular flexibility index (Phi) is 8.33. The molecule has 0 aromatic heterocycles. The lowest BCUT2D eigenvalue weighted by Crippen LogP contribution is -2.30. The zero-order chi connectivity index (χ0) is 20.4. The lowest BCUT2D eigenvalue weighted by Gasteiger charge is -2.19. The van der Waals surface area contributed by atoms with Gasteiger partial charge in [0.05, 0.1) is 26.5 Å². The minimum atomic E-state index is 0.415. The molecule has 0 saturated heterocycles. The maximum atomic E-state index is 10.3. The Labute approximate surface area is 165 Å². The average Bonchev–Trinajstić information content (AvgIpc) is 2.74. The molecule has 2 aromatic rings. The van der Waals surface area contributed by atoms with Crippen molar-refractivity contribution in [1.82, 2.24) is 5.32 Å². The number of benzene rings is 2. The van der Waals surface area contributed by atoms with Crippen molar-refractivity contribution in [1.29, 1.82) is 5.41 Å². The number of anilines is 1. The zero-order valence-corrected chi connectivity index (χ0v) is 16.3. The van der Waals surface area contributed by atoms with Crippen molar-refractivity contribution in [3.05, 3.63) is 59.8 Å². The number of nitrogens with zero attached hydrogens (tertiary/aromatic N) is 1. The first-order valence-electron chi connectivity index (χ1n) is 9.04. The van der Waals surface area contributed by atoms with Crippen molar-refractivity contribution in [2.24, 2.45) is 5.73 Å². The van der Waals surface area contributed by atoms with Crippen molar-refractivity contribution >= 4 is 17.5 Å². The Hall–Kier alpha value is -3.03. The number of allylic oxidation sites excluding steroid dienone is 1. The standard InChI is InChI=1S/C21H28N4O3/c1-27-20-6-4-3-5-16(20)9-10-24-11-12-25(26)18-7-8-19(17(14-22)15-23)21(13-18)28-2/h3-8,13-15,22,24,26H,9-12,23H2,1-2H3/b17-15+,22-14?. The summed E-state index contributed by atoms with van der Waals surface area (Å²) < 4.78 is 10.7. The Morgan fingerprint density at radius 3 is 2.57 bits per heavy atom. The smallest absolute Gasteiger partial charge is 0.128 e. The van der Waals surface area contributed by atoms with E-state index < -0.39 is 0 Å². The fourth-order valence-corrected chi connectivity index (χ4v) is 2.87. The summed E-state index contributed by atoms with van der Waals surface area (Å²) >= 11 is 0. The topological polar surface area (TPSA) is 104 Å². The van der Waals surface area contributed by atoms with Gasteiger partial charge in [-0.2, -0.15) is 0 Å². The number of ether oxygens (including phenoxy) is 2.